The van der Waals surface area contributed by atoms with E-state index in [4.69, 9.17) is 4.84 Å². The first-order valence-electron chi connectivity index (χ1n) is 6.15. The van der Waals surface area contributed by atoms with Crippen molar-refractivity contribution in [3.63, 3.8) is 0 Å². The molecule has 0 saturated heterocycles. The Bertz CT molecular complexity index is 378. The lowest BCUT2D eigenvalue weighted by Gasteiger charge is -2.18. The molecular weight excluding hydrogens is 246 g/mol. The molecule has 1 amide bonds. The van der Waals surface area contributed by atoms with Crippen molar-refractivity contribution in [1.82, 2.24) is 5.06 Å². The van der Waals surface area contributed by atoms with Crippen LogP contribution in [0, 0.1) is 0 Å². The normalized spacial score (nSPS) is 9.05. The molecule has 0 fully saturated rings. The van der Waals surface area contributed by atoms with Crippen molar-refractivity contribution in [2.24, 2.45) is 0 Å². The molecule has 1 rings (SSSR count). The molecule has 0 aliphatic heterocycles. The molecule has 0 aliphatic carbocycles. The second kappa shape index (κ2) is 10.1. The third-order valence-corrected chi connectivity index (χ3v) is 2.08. The molecule has 0 aliphatic rings. The van der Waals surface area contributed by atoms with Crippen molar-refractivity contribution >= 4 is 11.9 Å². The van der Waals surface area contributed by atoms with Crippen LogP contribution in [-0.2, 0) is 25.8 Å². The number of nitrogens with zero attached hydrogens (tertiary/aromatic N) is 1. The van der Waals surface area contributed by atoms with Gasteiger partial charge in [-0.2, -0.15) is 0 Å². The fraction of sp³-hybridized carbons (Fsp3) is 0.429. The number of hydrogen-bond acceptors (Lipinski definition) is 4. The largest absolute Gasteiger partial charge is 0.468 e. The SMILES string of the molecule is CC.COC(=O)CN(OCc1ccccc1)C(C)=O. The summed E-state index contributed by atoms with van der Waals surface area (Å²) < 4.78 is 4.47. The van der Waals surface area contributed by atoms with Gasteiger partial charge in [0.15, 0.2) is 0 Å². The minimum absolute atomic E-state index is 0.210. The van der Waals surface area contributed by atoms with E-state index in [0.717, 1.165) is 10.6 Å². The van der Waals surface area contributed by atoms with Gasteiger partial charge in [0.1, 0.15) is 13.2 Å². The van der Waals surface area contributed by atoms with E-state index in [1.165, 1.54) is 14.0 Å². The van der Waals surface area contributed by atoms with Gasteiger partial charge < -0.3 is 4.74 Å². The van der Waals surface area contributed by atoms with Gasteiger partial charge in [0, 0.05) is 6.92 Å². The maximum absolute atomic E-state index is 11.2. The maximum atomic E-state index is 11.2. The molecule has 0 unspecified atom stereocenters. The molecule has 1 aromatic carbocycles. The highest BCUT2D eigenvalue weighted by atomic mass is 16.7. The monoisotopic (exact) mass is 267 g/mol. The summed E-state index contributed by atoms with van der Waals surface area (Å²) in [6, 6.07) is 9.38. The lowest BCUT2D eigenvalue weighted by Crippen LogP contribution is -2.34. The molecule has 0 aromatic heterocycles. The quantitative estimate of drug-likeness (QED) is 0.606. The van der Waals surface area contributed by atoms with E-state index in [0.29, 0.717) is 0 Å². The fourth-order valence-electron chi connectivity index (χ4n) is 1.16. The van der Waals surface area contributed by atoms with Crippen molar-refractivity contribution < 1.29 is 19.2 Å². The second-order valence-electron chi connectivity index (χ2n) is 3.39. The van der Waals surface area contributed by atoms with Gasteiger partial charge in [0.2, 0.25) is 5.91 Å². The number of esters is 1. The van der Waals surface area contributed by atoms with Crippen molar-refractivity contribution in [1.29, 1.82) is 0 Å². The Labute approximate surface area is 114 Å². The number of methoxy groups -OCH3 is 1. The summed E-state index contributed by atoms with van der Waals surface area (Å²) in [6.45, 7) is 5.35. The number of carbonyl (C=O) groups excluding carboxylic acids is 2. The molecule has 106 valence electrons. The summed E-state index contributed by atoms with van der Waals surface area (Å²) in [5.41, 5.74) is 0.920. The molecule has 0 atom stereocenters. The van der Waals surface area contributed by atoms with Crippen LogP contribution < -0.4 is 0 Å². The Kier molecular flexibility index (Phi) is 9.08. The van der Waals surface area contributed by atoms with E-state index < -0.39 is 5.97 Å². The number of amides is 1. The van der Waals surface area contributed by atoms with Crippen LogP contribution in [0.3, 0.4) is 0 Å². The third-order valence-electron chi connectivity index (χ3n) is 2.08. The van der Waals surface area contributed by atoms with Crippen LogP contribution in [0.5, 0.6) is 0 Å². The molecule has 0 N–H and O–H groups in total. The predicted octanol–water partition coefficient (Wildman–Crippen LogP) is 2.17. The summed E-state index contributed by atoms with van der Waals surface area (Å²) in [4.78, 5) is 27.5. The van der Waals surface area contributed by atoms with Gasteiger partial charge >= 0.3 is 5.97 Å². The number of ether oxygens (including phenoxy) is 1. The van der Waals surface area contributed by atoms with Crippen LogP contribution in [0.2, 0.25) is 0 Å². The summed E-state index contributed by atoms with van der Waals surface area (Å²) in [7, 11) is 1.26. The first kappa shape index (κ1) is 17.1. The smallest absolute Gasteiger partial charge is 0.328 e. The van der Waals surface area contributed by atoms with E-state index in [-0.39, 0.29) is 19.1 Å². The summed E-state index contributed by atoms with van der Waals surface area (Å²) in [5.74, 6) is -0.861. The van der Waals surface area contributed by atoms with Gasteiger partial charge in [-0.25, -0.2) is 5.06 Å². The fourth-order valence-corrected chi connectivity index (χ4v) is 1.16. The van der Waals surface area contributed by atoms with Gasteiger partial charge in [-0.05, 0) is 5.56 Å². The van der Waals surface area contributed by atoms with E-state index in [1.54, 1.807) is 0 Å². The summed E-state index contributed by atoms with van der Waals surface area (Å²) in [5, 5.41) is 0.985. The molecule has 5 nitrogen and oxygen atoms in total. The van der Waals surface area contributed by atoms with Crippen LogP contribution in [0.1, 0.15) is 26.3 Å². The maximum Gasteiger partial charge on any atom is 0.328 e. The van der Waals surface area contributed by atoms with Crippen LogP contribution in [0.25, 0.3) is 0 Å². The van der Waals surface area contributed by atoms with Gasteiger partial charge in [-0.1, -0.05) is 44.2 Å². The standard InChI is InChI=1S/C12H15NO4.C2H6/c1-10(14)13(8-12(15)16-2)17-9-11-6-4-3-5-7-11;1-2/h3-7H,8-9H2,1-2H3;1-2H3. The first-order valence-corrected chi connectivity index (χ1v) is 6.15. The van der Waals surface area contributed by atoms with E-state index in [2.05, 4.69) is 4.74 Å². The molecule has 0 bridgehead atoms. The third kappa shape index (κ3) is 7.21. The lowest BCUT2D eigenvalue weighted by atomic mass is 10.2. The van der Waals surface area contributed by atoms with Crippen LogP contribution in [0.15, 0.2) is 30.3 Å². The van der Waals surface area contributed by atoms with Crippen molar-refractivity contribution in [2.45, 2.75) is 27.4 Å². The van der Waals surface area contributed by atoms with E-state index in [9.17, 15) is 9.59 Å². The highest BCUT2D eigenvalue weighted by molar-refractivity contribution is 5.79. The number of hydrogen-bond donors (Lipinski definition) is 0. The van der Waals surface area contributed by atoms with E-state index >= 15 is 0 Å². The average Bonchev–Trinajstić information content (AvgIpc) is 2.46. The Morgan fingerprint density at radius 2 is 1.74 bits per heavy atom. The molecular formula is C14H21NO4. The molecule has 19 heavy (non-hydrogen) atoms. The Morgan fingerprint density at radius 3 is 2.21 bits per heavy atom. The van der Waals surface area contributed by atoms with Gasteiger partial charge in [-0.3, -0.25) is 14.4 Å². The van der Waals surface area contributed by atoms with Crippen LogP contribution in [-0.4, -0.2) is 30.6 Å². The number of rotatable bonds is 5. The van der Waals surface area contributed by atoms with Crippen molar-refractivity contribution in [3.05, 3.63) is 35.9 Å². The zero-order valence-electron chi connectivity index (χ0n) is 11.9. The predicted molar refractivity (Wildman–Crippen MR) is 72.0 cm³/mol. The summed E-state index contributed by atoms with van der Waals surface area (Å²) >= 11 is 0. The highest BCUT2D eigenvalue weighted by Crippen LogP contribution is 2.03. The van der Waals surface area contributed by atoms with E-state index in [1.807, 2.05) is 44.2 Å². The molecule has 5 heteroatoms. The minimum atomic E-state index is -0.520. The zero-order chi connectivity index (χ0) is 14.7. The van der Waals surface area contributed by atoms with Crippen LogP contribution in [0.4, 0.5) is 0 Å². The number of hydroxylamine groups is 2. The first-order chi connectivity index (χ1) is 9.13. The number of benzene rings is 1. The minimum Gasteiger partial charge on any atom is -0.468 e. The number of carbonyl (C=O) groups is 2. The van der Waals surface area contributed by atoms with Crippen molar-refractivity contribution in [2.75, 3.05) is 13.7 Å². The lowest BCUT2D eigenvalue weighted by molar-refractivity contribution is -0.195. The molecule has 0 radical (unpaired) electrons. The Balaban J connectivity index is 0.00000154. The highest BCUT2D eigenvalue weighted by Gasteiger charge is 2.14. The zero-order valence-corrected chi connectivity index (χ0v) is 11.9. The Morgan fingerprint density at radius 1 is 1.16 bits per heavy atom. The average molecular weight is 267 g/mol. The van der Waals surface area contributed by atoms with Crippen LogP contribution >= 0.6 is 0 Å². The molecule has 0 saturated carbocycles. The second-order valence-corrected chi connectivity index (χ2v) is 3.39. The van der Waals surface area contributed by atoms with Gasteiger partial charge in [-0.15, -0.1) is 0 Å². The topological polar surface area (TPSA) is 55.8 Å². The molecule has 0 spiro atoms. The Hall–Kier alpha value is -1.88. The summed E-state index contributed by atoms with van der Waals surface area (Å²) in [6.07, 6.45) is 0. The molecule has 1 aromatic rings. The van der Waals surface area contributed by atoms with Crippen molar-refractivity contribution in [3.8, 4) is 0 Å². The van der Waals surface area contributed by atoms with Gasteiger partial charge in [0.25, 0.3) is 0 Å². The van der Waals surface area contributed by atoms with Gasteiger partial charge in [0.05, 0.1) is 7.11 Å². The molecule has 0 heterocycles.